The molecule has 0 fully saturated rings. The first kappa shape index (κ1) is 51.6. The van der Waals surface area contributed by atoms with Gasteiger partial charge >= 0.3 is 17.9 Å². The highest BCUT2D eigenvalue weighted by Crippen LogP contribution is 2.12. The highest BCUT2D eigenvalue weighted by molar-refractivity contribution is 5.72. The molecule has 0 bridgehead atoms. The molecule has 1 atom stereocenters. The Morgan fingerprint density at radius 2 is 0.782 bits per heavy atom. The number of rotatable bonds is 38. The molecule has 55 heavy (non-hydrogen) atoms. The Labute approximate surface area is 337 Å². The van der Waals surface area contributed by atoms with Crippen molar-refractivity contribution in [2.24, 2.45) is 0 Å². The summed E-state index contributed by atoms with van der Waals surface area (Å²) in [4.78, 5) is 37.6. The van der Waals surface area contributed by atoms with Crippen LogP contribution in [0.2, 0.25) is 0 Å². The van der Waals surface area contributed by atoms with Crippen LogP contribution in [0.4, 0.5) is 0 Å². The SMILES string of the molecule is CC/C=C\C/C=C\C/C=C\CCCCCCCCC(=O)OCC(COC(=O)C/C=C\C/C=C\C/C=C\CC)OC(=O)CCCCCCC/C=C\CCCCC. The summed E-state index contributed by atoms with van der Waals surface area (Å²) in [5.41, 5.74) is 0. The van der Waals surface area contributed by atoms with Gasteiger partial charge in [0.05, 0.1) is 6.42 Å². The predicted octanol–water partition coefficient (Wildman–Crippen LogP) is 14.1. The van der Waals surface area contributed by atoms with Crippen LogP contribution in [-0.4, -0.2) is 37.2 Å². The Morgan fingerprint density at radius 3 is 1.29 bits per heavy atom. The highest BCUT2D eigenvalue weighted by Gasteiger charge is 2.19. The maximum absolute atomic E-state index is 12.7. The molecule has 1 unspecified atom stereocenters. The number of ether oxygens (including phenoxy) is 3. The lowest BCUT2D eigenvalue weighted by Crippen LogP contribution is -2.30. The summed E-state index contributed by atoms with van der Waals surface area (Å²) in [6.45, 7) is 6.24. The van der Waals surface area contributed by atoms with E-state index in [2.05, 4.69) is 93.7 Å². The van der Waals surface area contributed by atoms with E-state index in [-0.39, 0.29) is 31.6 Å². The molecule has 0 heterocycles. The van der Waals surface area contributed by atoms with Crippen LogP contribution < -0.4 is 0 Å². The fourth-order valence-electron chi connectivity index (χ4n) is 5.63. The van der Waals surface area contributed by atoms with Crippen molar-refractivity contribution >= 4 is 17.9 Å². The maximum atomic E-state index is 12.7. The number of allylic oxidation sites excluding steroid dienone is 13. The van der Waals surface area contributed by atoms with E-state index in [9.17, 15) is 14.4 Å². The van der Waals surface area contributed by atoms with Crippen LogP contribution in [0.25, 0.3) is 0 Å². The Balaban J connectivity index is 4.45. The van der Waals surface area contributed by atoms with Crippen LogP contribution in [0, 0.1) is 0 Å². The van der Waals surface area contributed by atoms with Crippen LogP contribution in [0.15, 0.2) is 85.1 Å². The molecule has 6 heteroatoms. The zero-order valence-corrected chi connectivity index (χ0v) is 35.4. The molecule has 0 saturated heterocycles. The molecule has 0 N–H and O–H groups in total. The van der Waals surface area contributed by atoms with Gasteiger partial charge in [-0.3, -0.25) is 14.4 Å². The molecule has 312 valence electrons. The van der Waals surface area contributed by atoms with Crippen LogP contribution in [0.1, 0.15) is 188 Å². The van der Waals surface area contributed by atoms with Gasteiger partial charge in [0, 0.05) is 12.8 Å². The zero-order valence-electron chi connectivity index (χ0n) is 35.4. The second-order valence-electron chi connectivity index (χ2n) is 14.2. The molecule has 0 rings (SSSR count). The molecule has 0 aromatic carbocycles. The minimum absolute atomic E-state index is 0.115. The highest BCUT2D eigenvalue weighted by atomic mass is 16.6. The van der Waals surface area contributed by atoms with E-state index in [4.69, 9.17) is 14.2 Å². The molecule has 0 saturated carbocycles. The molecule has 0 aliphatic rings. The van der Waals surface area contributed by atoms with Gasteiger partial charge in [0.1, 0.15) is 13.2 Å². The molecule has 0 spiro atoms. The van der Waals surface area contributed by atoms with E-state index in [0.717, 1.165) is 103 Å². The number of carbonyl (C=O) groups is 3. The lowest BCUT2D eigenvalue weighted by atomic mass is 10.1. The van der Waals surface area contributed by atoms with Crippen molar-refractivity contribution in [3.63, 3.8) is 0 Å². The smallest absolute Gasteiger partial charge is 0.309 e. The van der Waals surface area contributed by atoms with Gasteiger partial charge in [-0.2, -0.15) is 0 Å². The Morgan fingerprint density at radius 1 is 0.400 bits per heavy atom. The molecule has 0 amide bonds. The van der Waals surface area contributed by atoms with Gasteiger partial charge in [0.25, 0.3) is 0 Å². The standard InChI is InChI=1S/C49H80O6/c1-4-7-10-13-16-19-21-23-24-25-26-28-30-33-36-39-42-48(51)54-45-46(44-53-47(50)41-38-35-32-29-18-15-12-9-6-3)55-49(52)43-40-37-34-31-27-22-20-17-14-11-8-5-2/h7,9-10,12,16-20,23-24,29,35,38,46H,4-6,8,11,13-15,21-22,25-28,30-34,36-37,39-45H2,1-3H3/b10-7-,12-9-,19-16-,20-17-,24-23-,29-18-,38-35-. The van der Waals surface area contributed by atoms with E-state index < -0.39 is 12.1 Å². The average molecular weight is 765 g/mol. The van der Waals surface area contributed by atoms with Crippen LogP contribution in [-0.2, 0) is 28.6 Å². The summed E-state index contributed by atoms with van der Waals surface area (Å²) in [6, 6.07) is 0. The van der Waals surface area contributed by atoms with Crippen LogP contribution in [0.3, 0.4) is 0 Å². The third-order valence-corrected chi connectivity index (χ3v) is 8.90. The molecular formula is C49H80O6. The fraction of sp³-hybridized carbons (Fsp3) is 0.653. The van der Waals surface area contributed by atoms with E-state index in [1.54, 1.807) is 6.08 Å². The second-order valence-corrected chi connectivity index (χ2v) is 14.2. The Kier molecular flexibility index (Phi) is 40.6. The molecule has 0 radical (unpaired) electrons. The zero-order chi connectivity index (χ0) is 40.1. The topological polar surface area (TPSA) is 78.9 Å². The summed E-state index contributed by atoms with van der Waals surface area (Å²) in [6.07, 6.45) is 54.6. The number of carbonyl (C=O) groups excluding carboxylic acids is 3. The molecule has 0 aromatic rings. The van der Waals surface area contributed by atoms with E-state index in [1.807, 2.05) is 6.08 Å². The van der Waals surface area contributed by atoms with Crippen LogP contribution in [0.5, 0.6) is 0 Å². The molecule has 0 aliphatic heterocycles. The molecule has 0 aromatic heterocycles. The second kappa shape index (κ2) is 43.3. The van der Waals surface area contributed by atoms with Gasteiger partial charge in [-0.1, -0.05) is 164 Å². The van der Waals surface area contributed by atoms with Gasteiger partial charge in [0.2, 0.25) is 0 Å². The van der Waals surface area contributed by atoms with Gasteiger partial charge in [-0.15, -0.1) is 0 Å². The van der Waals surface area contributed by atoms with Crippen molar-refractivity contribution < 1.29 is 28.6 Å². The van der Waals surface area contributed by atoms with Gasteiger partial charge in [-0.05, 0) is 89.9 Å². The summed E-state index contributed by atoms with van der Waals surface area (Å²) >= 11 is 0. The van der Waals surface area contributed by atoms with Crippen molar-refractivity contribution in [3.8, 4) is 0 Å². The molecular weight excluding hydrogens is 685 g/mol. The largest absolute Gasteiger partial charge is 0.462 e. The van der Waals surface area contributed by atoms with Gasteiger partial charge in [-0.25, -0.2) is 0 Å². The third kappa shape index (κ3) is 41.6. The Hall–Kier alpha value is -3.41. The number of hydrogen-bond acceptors (Lipinski definition) is 6. The van der Waals surface area contributed by atoms with E-state index in [1.165, 1.54) is 44.9 Å². The summed E-state index contributed by atoms with van der Waals surface area (Å²) in [5.74, 6) is -1.08. The first-order chi connectivity index (χ1) is 27.0. The normalized spacial score (nSPS) is 12.9. The maximum Gasteiger partial charge on any atom is 0.309 e. The Bertz CT molecular complexity index is 1110. The van der Waals surface area contributed by atoms with Crippen molar-refractivity contribution in [2.75, 3.05) is 13.2 Å². The van der Waals surface area contributed by atoms with Crippen molar-refractivity contribution in [2.45, 2.75) is 194 Å². The summed E-state index contributed by atoms with van der Waals surface area (Å²) in [5, 5.41) is 0. The number of esters is 3. The first-order valence-electron chi connectivity index (χ1n) is 22.1. The first-order valence-corrected chi connectivity index (χ1v) is 22.1. The van der Waals surface area contributed by atoms with E-state index >= 15 is 0 Å². The minimum atomic E-state index is -0.819. The third-order valence-electron chi connectivity index (χ3n) is 8.90. The van der Waals surface area contributed by atoms with Crippen molar-refractivity contribution in [3.05, 3.63) is 85.1 Å². The van der Waals surface area contributed by atoms with E-state index in [0.29, 0.717) is 12.8 Å². The van der Waals surface area contributed by atoms with Crippen molar-refractivity contribution in [1.29, 1.82) is 0 Å². The summed E-state index contributed by atoms with van der Waals surface area (Å²) in [7, 11) is 0. The molecule has 0 aliphatic carbocycles. The van der Waals surface area contributed by atoms with Gasteiger partial charge in [0.15, 0.2) is 6.10 Å². The fourth-order valence-corrected chi connectivity index (χ4v) is 5.63. The lowest BCUT2D eigenvalue weighted by Gasteiger charge is -2.18. The lowest BCUT2D eigenvalue weighted by molar-refractivity contribution is -0.166. The summed E-state index contributed by atoms with van der Waals surface area (Å²) < 4.78 is 16.5. The minimum Gasteiger partial charge on any atom is -0.462 e. The predicted molar refractivity (Wildman–Crippen MR) is 233 cm³/mol. The van der Waals surface area contributed by atoms with Crippen molar-refractivity contribution in [1.82, 2.24) is 0 Å². The number of unbranched alkanes of at least 4 members (excludes halogenated alkanes) is 14. The molecule has 6 nitrogen and oxygen atoms in total. The number of hydrogen-bond donors (Lipinski definition) is 0. The van der Waals surface area contributed by atoms with Gasteiger partial charge < -0.3 is 14.2 Å². The van der Waals surface area contributed by atoms with Crippen LogP contribution >= 0.6 is 0 Å². The average Bonchev–Trinajstić information content (AvgIpc) is 3.18. The quantitative estimate of drug-likeness (QED) is 0.0270. The monoisotopic (exact) mass is 765 g/mol.